The van der Waals surface area contributed by atoms with Crippen molar-refractivity contribution in [3.63, 3.8) is 0 Å². The third-order valence-electron chi connectivity index (χ3n) is 7.39. The predicted molar refractivity (Wildman–Crippen MR) is 160 cm³/mol. The Labute approximate surface area is 245 Å². The molecule has 2 aliphatic carbocycles. The standard InChI is InChI=1S/C33H28Br2O4/c1-20-16-17-25(35)18-27(20)29-28-19-24(34)14-9-15-26(28)21(2)30(38-32(36)22-10-5-3-6-11-22)31(29)39-33(37)23-12-7-4-8-13-23/h3-14,16-19,21,29-31H,15H2,1-2H3. The molecule has 0 heterocycles. The molecule has 6 heteroatoms. The van der Waals surface area contributed by atoms with Crippen molar-refractivity contribution in [2.75, 3.05) is 0 Å². The normalized spacial score (nSPS) is 22.4. The van der Waals surface area contributed by atoms with E-state index in [1.807, 2.05) is 37.3 Å². The molecule has 39 heavy (non-hydrogen) atoms. The molecule has 0 radical (unpaired) electrons. The minimum absolute atomic E-state index is 0.191. The summed E-state index contributed by atoms with van der Waals surface area (Å²) in [4.78, 5) is 26.9. The Balaban J connectivity index is 1.67. The summed E-state index contributed by atoms with van der Waals surface area (Å²) in [6.45, 7) is 4.10. The zero-order valence-electron chi connectivity index (χ0n) is 21.6. The quantitative estimate of drug-likeness (QED) is 0.261. The first-order chi connectivity index (χ1) is 18.8. The van der Waals surface area contributed by atoms with Crippen LogP contribution in [0.2, 0.25) is 0 Å². The molecule has 2 aliphatic rings. The summed E-state index contributed by atoms with van der Waals surface area (Å²) < 4.78 is 14.5. The van der Waals surface area contributed by atoms with Crippen LogP contribution in [0.3, 0.4) is 0 Å². The summed E-state index contributed by atoms with van der Waals surface area (Å²) in [5, 5.41) is 0. The highest BCUT2D eigenvalue weighted by Gasteiger charge is 2.47. The van der Waals surface area contributed by atoms with E-state index in [4.69, 9.17) is 9.47 Å². The van der Waals surface area contributed by atoms with Crippen molar-refractivity contribution in [1.82, 2.24) is 0 Å². The highest BCUT2D eigenvalue weighted by molar-refractivity contribution is 9.12. The van der Waals surface area contributed by atoms with Gasteiger partial charge < -0.3 is 9.47 Å². The SMILES string of the molecule is Cc1ccc(Br)cc1C1C2=C(CC=CC(Br)=C2)C(C)C(OC(=O)c2ccccc2)C1OC(=O)c1ccccc1. The third-order valence-corrected chi connectivity index (χ3v) is 8.38. The van der Waals surface area contributed by atoms with E-state index in [1.165, 1.54) is 0 Å². The fourth-order valence-corrected chi connectivity index (χ4v) is 6.23. The second kappa shape index (κ2) is 11.9. The van der Waals surface area contributed by atoms with Gasteiger partial charge in [0.05, 0.1) is 17.0 Å². The second-order valence-corrected chi connectivity index (χ2v) is 11.7. The number of rotatable bonds is 5. The first kappa shape index (κ1) is 27.4. The molecule has 198 valence electrons. The molecular formula is C33H28Br2O4. The van der Waals surface area contributed by atoms with Crippen LogP contribution in [-0.4, -0.2) is 24.1 Å². The zero-order chi connectivity index (χ0) is 27.5. The average molecular weight is 648 g/mol. The molecule has 0 fully saturated rings. The highest BCUT2D eigenvalue weighted by Crippen LogP contribution is 2.48. The Kier molecular flexibility index (Phi) is 8.34. The number of ether oxygens (including phenoxy) is 2. The fraction of sp³-hybridized carbons (Fsp3) is 0.212. The molecule has 4 atom stereocenters. The minimum Gasteiger partial charge on any atom is -0.454 e. The maximum absolute atomic E-state index is 13.5. The number of esters is 2. The summed E-state index contributed by atoms with van der Waals surface area (Å²) >= 11 is 7.32. The van der Waals surface area contributed by atoms with Gasteiger partial charge in [-0.25, -0.2) is 9.59 Å². The van der Waals surface area contributed by atoms with Gasteiger partial charge in [0.1, 0.15) is 6.10 Å². The largest absolute Gasteiger partial charge is 0.454 e. The van der Waals surface area contributed by atoms with Crippen molar-refractivity contribution in [2.45, 2.75) is 38.4 Å². The molecule has 5 rings (SSSR count). The van der Waals surface area contributed by atoms with Gasteiger partial charge in [-0.2, -0.15) is 0 Å². The third kappa shape index (κ3) is 5.87. The van der Waals surface area contributed by atoms with Crippen LogP contribution in [0, 0.1) is 12.8 Å². The zero-order valence-corrected chi connectivity index (χ0v) is 24.8. The topological polar surface area (TPSA) is 52.6 Å². The molecular weight excluding hydrogens is 620 g/mol. The lowest BCUT2D eigenvalue weighted by atomic mass is 9.69. The van der Waals surface area contributed by atoms with Gasteiger partial charge in [0.15, 0.2) is 6.10 Å². The first-order valence-electron chi connectivity index (χ1n) is 12.9. The van der Waals surface area contributed by atoms with Gasteiger partial charge in [0, 0.05) is 14.9 Å². The van der Waals surface area contributed by atoms with Crippen LogP contribution in [0.25, 0.3) is 0 Å². The van der Waals surface area contributed by atoms with E-state index in [2.05, 4.69) is 57.0 Å². The number of carbonyl (C=O) groups excluding carboxylic acids is 2. The lowest BCUT2D eigenvalue weighted by molar-refractivity contribution is -0.0593. The molecule has 0 bridgehead atoms. The van der Waals surface area contributed by atoms with Gasteiger partial charge in [-0.1, -0.05) is 99.0 Å². The average Bonchev–Trinajstić information content (AvgIpc) is 3.14. The number of carbonyl (C=O) groups is 2. The van der Waals surface area contributed by atoms with E-state index in [0.29, 0.717) is 17.5 Å². The van der Waals surface area contributed by atoms with Crippen molar-refractivity contribution < 1.29 is 19.1 Å². The molecule has 4 nitrogen and oxygen atoms in total. The molecule has 0 N–H and O–H groups in total. The summed E-state index contributed by atoms with van der Waals surface area (Å²) in [6.07, 6.45) is 5.49. The molecule has 0 aromatic heterocycles. The summed E-state index contributed by atoms with van der Waals surface area (Å²) in [7, 11) is 0. The summed E-state index contributed by atoms with van der Waals surface area (Å²) in [6, 6.07) is 24.0. The summed E-state index contributed by atoms with van der Waals surface area (Å²) in [5.41, 5.74) is 5.19. The van der Waals surface area contributed by atoms with Crippen LogP contribution in [0.5, 0.6) is 0 Å². The first-order valence-corrected chi connectivity index (χ1v) is 14.5. The number of hydrogen-bond donors (Lipinski definition) is 0. The van der Waals surface area contributed by atoms with E-state index in [9.17, 15) is 9.59 Å². The van der Waals surface area contributed by atoms with Crippen LogP contribution in [0.1, 0.15) is 51.1 Å². The van der Waals surface area contributed by atoms with Crippen LogP contribution in [0.15, 0.2) is 117 Å². The van der Waals surface area contributed by atoms with E-state index < -0.39 is 24.1 Å². The Morgan fingerprint density at radius 3 is 2.03 bits per heavy atom. The van der Waals surface area contributed by atoms with Crippen LogP contribution in [-0.2, 0) is 9.47 Å². The van der Waals surface area contributed by atoms with E-state index in [0.717, 1.165) is 31.2 Å². The molecule has 0 saturated heterocycles. The van der Waals surface area contributed by atoms with Crippen molar-refractivity contribution in [3.05, 3.63) is 139 Å². The van der Waals surface area contributed by atoms with Crippen molar-refractivity contribution in [2.24, 2.45) is 5.92 Å². The second-order valence-electron chi connectivity index (χ2n) is 9.86. The maximum atomic E-state index is 13.5. The smallest absolute Gasteiger partial charge is 0.338 e. The summed E-state index contributed by atoms with van der Waals surface area (Å²) in [5.74, 6) is -1.44. The predicted octanol–water partition coefficient (Wildman–Crippen LogP) is 8.48. The fourth-order valence-electron chi connectivity index (χ4n) is 5.42. The number of allylic oxidation sites excluding steroid dienone is 4. The molecule has 4 unspecified atom stereocenters. The molecule has 3 aromatic rings. The Morgan fingerprint density at radius 1 is 0.821 bits per heavy atom. The van der Waals surface area contributed by atoms with Crippen molar-refractivity contribution in [3.8, 4) is 0 Å². The molecule has 0 spiro atoms. The highest BCUT2D eigenvalue weighted by atomic mass is 79.9. The Hall–Kier alpha value is -3.22. The van der Waals surface area contributed by atoms with Gasteiger partial charge >= 0.3 is 11.9 Å². The van der Waals surface area contributed by atoms with Crippen LogP contribution in [0.4, 0.5) is 0 Å². The van der Waals surface area contributed by atoms with E-state index in [-0.39, 0.29) is 11.8 Å². The minimum atomic E-state index is -0.762. The van der Waals surface area contributed by atoms with Gasteiger partial charge in [-0.3, -0.25) is 0 Å². The van der Waals surface area contributed by atoms with Crippen LogP contribution >= 0.6 is 31.9 Å². The monoisotopic (exact) mass is 646 g/mol. The molecule has 0 aliphatic heterocycles. The number of benzene rings is 3. The van der Waals surface area contributed by atoms with E-state index >= 15 is 0 Å². The van der Waals surface area contributed by atoms with Gasteiger partial charge in [0.2, 0.25) is 0 Å². The molecule has 0 saturated carbocycles. The lowest BCUT2D eigenvalue weighted by Crippen LogP contribution is -2.48. The van der Waals surface area contributed by atoms with Gasteiger partial charge in [-0.05, 0) is 72.5 Å². The van der Waals surface area contributed by atoms with E-state index in [1.54, 1.807) is 48.5 Å². The van der Waals surface area contributed by atoms with Crippen LogP contribution < -0.4 is 0 Å². The Bertz CT molecular complexity index is 1470. The maximum Gasteiger partial charge on any atom is 0.338 e. The van der Waals surface area contributed by atoms with Gasteiger partial charge in [-0.15, -0.1) is 0 Å². The Morgan fingerprint density at radius 2 is 1.41 bits per heavy atom. The van der Waals surface area contributed by atoms with Crippen molar-refractivity contribution >= 4 is 43.8 Å². The molecule has 3 aromatic carbocycles. The lowest BCUT2D eigenvalue weighted by Gasteiger charge is -2.43. The number of halogens is 2. The molecule has 0 amide bonds. The number of aryl methyl sites for hydroxylation is 1. The number of hydrogen-bond acceptors (Lipinski definition) is 4. The van der Waals surface area contributed by atoms with Gasteiger partial charge in [0.25, 0.3) is 0 Å². The van der Waals surface area contributed by atoms with Crippen molar-refractivity contribution in [1.29, 1.82) is 0 Å².